The monoisotopic (exact) mass is 168 g/mol. The van der Waals surface area contributed by atoms with Crippen molar-refractivity contribution in [3.05, 3.63) is 0 Å². The van der Waals surface area contributed by atoms with Crippen molar-refractivity contribution in [3.63, 3.8) is 0 Å². The Morgan fingerprint density at radius 3 is 2.67 bits per heavy atom. The number of rotatable bonds is 0. The van der Waals surface area contributed by atoms with E-state index >= 15 is 0 Å². The Morgan fingerprint density at radius 2 is 2.00 bits per heavy atom. The summed E-state index contributed by atoms with van der Waals surface area (Å²) < 4.78 is 0. The molecule has 0 aliphatic carbocycles. The van der Waals surface area contributed by atoms with E-state index in [1.165, 1.54) is 32.5 Å². The third-order valence-corrected chi connectivity index (χ3v) is 4.35. The normalized spacial score (nSPS) is 49.2. The van der Waals surface area contributed by atoms with Crippen LogP contribution < -0.4 is 5.32 Å². The highest BCUT2D eigenvalue weighted by Crippen LogP contribution is 2.45. The Balaban J connectivity index is 2.30. The molecule has 1 N–H and O–H groups in total. The molecule has 2 rings (SSSR count). The van der Waals surface area contributed by atoms with Crippen LogP contribution in [-0.4, -0.2) is 37.1 Å². The molecule has 0 aromatic rings. The molecule has 2 atom stereocenters. The summed E-state index contributed by atoms with van der Waals surface area (Å²) >= 11 is 0. The molecule has 0 spiro atoms. The molecule has 0 aromatic carbocycles. The molecule has 2 heterocycles. The molecule has 2 heteroatoms. The van der Waals surface area contributed by atoms with Crippen LogP contribution in [0, 0.1) is 5.41 Å². The zero-order valence-electron chi connectivity index (χ0n) is 8.48. The van der Waals surface area contributed by atoms with E-state index in [2.05, 4.69) is 31.1 Å². The molecule has 0 amide bonds. The van der Waals surface area contributed by atoms with Gasteiger partial charge >= 0.3 is 0 Å². The van der Waals surface area contributed by atoms with Crippen LogP contribution in [0.3, 0.4) is 0 Å². The number of hydrogen-bond donors (Lipinski definition) is 1. The molecule has 2 aliphatic heterocycles. The predicted molar refractivity (Wildman–Crippen MR) is 51.2 cm³/mol. The average molecular weight is 168 g/mol. The molecule has 12 heavy (non-hydrogen) atoms. The lowest BCUT2D eigenvalue weighted by atomic mass is 9.68. The van der Waals surface area contributed by atoms with Crippen LogP contribution in [0.2, 0.25) is 0 Å². The summed E-state index contributed by atoms with van der Waals surface area (Å²) in [6, 6.07) is 0. The topological polar surface area (TPSA) is 15.3 Å². The maximum Gasteiger partial charge on any atom is 0.0368 e. The fourth-order valence-electron chi connectivity index (χ4n) is 2.89. The largest absolute Gasteiger partial charge is 0.314 e. The fourth-order valence-corrected chi connectivity index (χ4v) is 2.89. The van der Waals surface area contributed by atoms with Crippen molar-refractivity contribution in [2.45, 2.75) is 32.2 Å². The second-order valence-electron chi connectivity index (χ2n) is 4.96. The van der Waals surface area contributed by atoms with Crippen LogP contribution >= 0.6 is 0 Å². The fraction of sp³-hybridized carbons (Fsp3) is 1.00. The van der Waals surface area contributed by atoms with Crippen LogP contribution in [0.15, 0.2) is 0 Å². The van der Waals surface area contributed by atoms with Gasteiger partial charge in [0.15, 0.2) is 0 Å². The van der Waals surface area contributed by atoms with Crippen molar-refractivity contribution in [1.29, 1.82) is 0 Å². The number of piperidine rings is 1. The molecular formula is C10H20N2. The quantitative estimate of drug-likeness (QED) is 0.582. The number of fused-ring (bicyclic) bond motifs is 1. The summed E-state index contributed by atoms with van der Waals surface area (Å²) in [4.78, 5) is 2.54. The van der Waals surface area contributed by atoms with Crippen molar-refractivity contribution in [2.24, 2.45) is 5.41 Å². The minimum Gasteiger partial charge on any atom is -0.314 e. The van der Waals surface area contributed by atoms with Gasteiger partial charge in [-0.15, -0.1) is 0 Å². The first-order valence-electron chi connectivity index (χ1n) is 5.00. The lowest BCUT2D eigenvalue weighted by Crippen LogP contribution is -2.58. The van der Waals surface area contributed by atoms with Gasteiger partial charge in [-0.3, -0.25) is 4.90 Å². The highest BCUT2D eigenvalue weighted by Gasteiger charge is 2.52. The molecule has 0 saturated carbocycles. The van der Waals surface area contributed by atoms with E-state index in [0.717, 1.165) is 0 Å². The number of nitrogens with zero attached hydrogens (tertiary/aromatic N) is 1. The zero-order chi connectivity index (χ0) is 8.82. The van der Waals surface area contributed by atoms with Crippen LogP contribution in [0.25, 0.3) is 0 Å². The highest BCUT2D eigenvalue weighted by molar-refractivity contribution is 5.09. The minimum absolute atomic E-state index is 0.408. The van der Waals surface area contributed by atoms with E-state index < -0.39 is 0 Å². The van der Waals surface area contributed by atoms with Crippen LogP contribution in [0.5, 0.6) is 0 Å². The Hall–Kier alpha value is -0.0800. The maximum absolute atomic E-state index is 3.53. The standard InChI is InChI=1S/C10H20N2/c1-9-5-4-6-12(3)10(9,2)8-11-7-9/h11H,4-8H2,1-3H3. The van der Waals surface area contributed by atoms with Crippen LogP contribution in [0.4, 0.5) is 0 Å². The Morgan fingerprint density at radius 1 is 1.25 bits per heavy atom. The van der Waals surface area contributed by atoms with Gasteiger partial charge in [-0.05, 0) is 38.8 Å². The molecule has 0 radical (unpaired) electrons. The lowest BCUT2D eigenvalue weighted by molar-refractivity contribution is 0.00308. The Bertz CT molecular complexity index is 192. The molecular weight excluding hydrogens is 148 g/mol. The van der Waals surface area contributed by atoms with Crippen molar-refractivity contribution >= 4 is 0 Å². The van der Waals surface area contributed by atoms with E-state index in [4.69, 9.17) is 0 Å². The molecule has 2 nitrogen and oxygen atoms in total. The maximum atomic E-state index is 3.53. The number of likely N-dealkylation sites (tertiary alicyclic amines) is 1. The molecule has 0 aromatic heterocycles. The minimum atomic E-state index is 0.408. The SMILES string of the molecule is CN1CCCC2(C)CNCC12C. The summed E-state index contributed by atoms with van der Waals surface area (Å²) in [5.74, 6) is 0. The first kappa shape index (κ1) is 8.52. The number of likely N-dealkylation sites (N-methyl/N-ethyl adjacent to an activating group) is 1. The second-order valence-corrected chi connectivity index (χ2v) is 4.96. The third-order valence-electron chi connectivity index (χ3n) is 4.35. The third kappa shape index (κ3) is 0.882. The van der Waals surface area contributed by atoms with Crippen LogP contribution in [-0.2, 0) is 0 Å². The highest BCUT2D eigenvalue weighted by atomic mass is 15.2. The number of nitrogens with one attached hydrogen (secondary N) is 1. The number of hydrogen-bond acceptors (Lipinski definition) is 2. The summed E-state index contributed by atoms with van der Waals surface area (Å²) in [5.41, 5.74) is 0.922. The molecule has 70 valence electrons. The summed E-state index contributed by atoms with van der Waals surface area (Å²) in [6.07, 6.45) is 2.76. The summed E-state index contributed by atoms with van der Waals surface area (Å²) in [6.45, 7) is 8.48. The van der Waals surface area contributed by atoms with Gasteiger partial charge in [0.25, 0.3) is 0 Å². The Labute approximate surface area is 75.3 Å². The molecule has 2 saturated heterocycles. The van der Waals surface area contributed by atoms with Gasteiger partial charge in [-0.1, -0.05) is 6.92 Å². The Kier molecular flexibility index (Phi) is 1.74. The van der Waals surface area contributed by atoms with E-state index in [1.807, 2.05) is 0 Å². The van der Waals surface area contributed by atoms with Gasteiger partial charge in [0.2, 0.25) is 0 Å². The summed E-state index contributed by atoms with van der Waals surface area (Å²) in [7, 11) is 2.27. The van der Waals surface area contributed by atoms with E-state index in [-0.39, 0.29) is 0 Å². The van der Waals surface area contributed by atoms with Gasteiger partial charge in [-0.25, -0.2) is 0 Å². The lowest BCUT2D eigenvalue weighted by Gasteiger charge is -2.50. The first-order chi connectivity index (χ1) is 5.58. The van der Waals surface area contributed by atoms with Gasteiger partial charge in [-0.2, -0.15) is 0 Å². The summed E-state index contributed by atoms with van der Waals surface area (Å²) in [5, 5.41) is 3.53. The zero-order valence-corrected chi connectivity index (χ0v) is 8.48. The predicted octanol–water partition coefficient (Wildman–Crippen LogP) is 1.08. The van der Waals surface area contributed by atoms with Crippen molar-refractivity contribution in [3.8, 4) is 0 Å². The van der Waals surface area contributed by atoms with Crippen LogP contribution in [0.1, 0.15) is 26.7 Å². The smallest absolute Gasteiger partial charge is 0.0368 e. The van der Waals surface area contributed by atoms with Gasteiger partial charge in [0.1, 0.15) is 0 Å². The second kappa shape index (κ2) is 2.46. The molecule has 2 fully saturated rings. The average Bonchev–Trinajstić information content (AvgIpc) is 2.30. The molecule has 2 unspecified atom stereocenters. The molecule has 0 bridgehead atoms. The van der Waals surface area contributed by atoms with E-state index in [0.29, 0.717) is 11.0 Å². The van der Waals surface area contributed by atoms with Crippen molar-refractivity contribution < 1.29 is 0 Å². The molecule has 2 aliphatic rings. The van der Waals surface area contributed by atoms with E-state index in [1.54, 1.807) is 0 Å². The van der Waals surface area contributed by atoms with Crippen molar-refractivity contribution in [2.75, 3.05) is 26.7 Å². The van der Waals surface area contributed by atoms with Gasteiger partial charge in [0, 0.05) is 18.6 Å². The van der Waals surface area contributed by atoms with Gasteiger partial charge < -0.3 is 5.32 Å². The first-order valence-corrected chi connectivity index (χ1v) is 5.00. The van der Waals surface area contributed by atoms with Crippen molar-refractivity contribution in [1.82, 2.24) is 10.2 Å². The van der Waals surface area contributed by atoms with E-state index in [9.17, 15) is 0 Å². The van der Waals surface area contributed by atoms with Gasteiger partial charge in [0.05, 0.1) is 0 Å².